The van der Waals surface area contributed by atoms with E-state index in [0.717, 1.165) is 34.0 Å². The van der Waals surface area contributed by atoms with E-state index in [1.54, 1.807) is 6.07 Å². The molecule has 0 N–H and O–H groups in total. The molecular formula is C20H24ClN3O3. The van der Waals surface area contributed by atoms with Gasteiger partial charge in [-0.25, -0.2) is 4.79 Å². The van der Waals surface area contributed by atoms with Crippen molar-refractivity contribution in [2.75, 3.05) is 25.5 Å². The molecule has 2 fully saturated rings. The first-order valence-corrected chi connectivity index (χ1v) is 9.71. The number of barbiturate groups is 1. The predicted molar refractivity (Wildman–Crippen MR) is 103 cm³/mol. The maximum absolute atomic E-state index is 13.4. The van der Waals surface area contributed by atoms with E-state index < -0.39 is 23.3 Å². The Bertz CT molecular complexity index is 831. The van der Waals surface area contributed by atoms with Crippen molar-refractivity contribution in [3.05, 3.63) is 28.8 Å². The van der Waals surface area contributed by atoms with Crippen molar-refractivity contribution in [1.82, 2.24) is 9.80 Å². The lowest BCUT2D eigenvalue weighted by molar-refractivity contribution is -0.161. The molecule has 3 aliphatic heterocycles. The van der Waals surface area contributed by atoms with Crippen molar-refractivity contribution in [3.63, 3.8) is 0 Å². The summed E-state index contributed by atoms with van der Waals surface area (Å²) in [6.07, 6.45) is 1.22. The van der Waals surface area contributed by atoms with Gasteiger partial charge in [-0.05, 0) is 42.4 Å². The van der Waals surface area contributed by atoms with Gasteiger partial charge in [0, 0.05) is 31.4 Å². The molecule has 0 aromatic heterocycles. The molecule has 0 saturated carbocycles. The van der Waals surface area contributed by atoms with Crippen LogP contribution in [0.3, 0.4) is 0 Å². The summed E-state index contributed by atoms with van der Waals surface area (Å²) in [5, 5.41) is 0.639. The molecule has 6 nitrogen and oxygen atoms in total. The quantitative estimate of drug-likeness (QED) is 0.640. The molecule has 0 radical (unpaired) electrons. The molecule has 0 aliphatic carbocycles. The van der Waals surface area contributed by atoms with E-state index >= 15 is 0 Å². The van der Waals surface area contributed by atoms with Gasteiger partial charge in [-0.3, -0.25) is 19.4 Å². The summed E-state index contributed by atoms with van der Waals surface area (Å²) in [6.45, 7) is 5.04. The molecular weight excluding hydrogens is 366 g/mol. The zero-order valence-corrected chi connectivity index (χ0v) is 16.8. The molecule has 3 heterocycles. The molecule has 7 heteroatoms. The molecule has 4 amide bonds. The number of amides is 4. The third kappa shape index (κ3) is 2.35. The molecule has 1 aromatic rings. The Morgan fingerprint density at radius 2 is 1.70 bits per heavy atom. The van der Waals surface area contributed by atoms with Crippen LogP contribution < -0.4 is 4.90 Å². The van der Waals surface area contributed by atoms with Crippen molar-refractivity contribution in [2.45, 2.75) is 32.7 Å². The van der Waals surface area contributed by atoms with Gasteiger partial charge in [0.1, 0.15) is 0 Å². The lowest BCUT2D eigenvalue weighted by Crippen LogP contribution is -2.73. The number of halogens is 1. The van der Waals surface area contributed by atoms with Gasteiger partial charge in [-0.2, -0.15) is 0 Å². The number of carbonyl (C=O) groups excluding carboxylic acids is 3. The third-order valence-electron chi connectivity index (χ3n) is 6.43. The van der Waals surface area contributed by atoms with Gasteiger partial charge in [-0.15, -0.1) is 0 Å². The maximum Gasteiger partial charge on any atom is 0.332 e. The normalized spacial score (nSPS) is 29.9. The zero-order valence-electron chi connectivity index (χ0n) is 16.0. The number of benzene rings is 1. The smallest absolute Gasteiger partial charge is 0.332 e. The van der Waals surface area contributed by atoms with Crippen LogP contribution in [0, 0.1) is 17.3 Å². The van der Waals surface area contributed by atoms with Crippen molar-refractivity contribution in [2.24, 2.45) is 17.3 Å². The number of fused-ring (bicyclic) bond motifs is 4. The minimum absolute atomic E-state index is 0.129. The third-order valence-corrected chi connectivity index (χ3v) is 6.67. The monoisotopic (exact) mass is 389 g/mol. The highest BCUT2D eigenvalue weighted by molar-refractivity contribution is 6.31. The van der Waals surface area contributed by atoms with E-state index in [2.05, 4.69) is 18.7 Å². The molecule has 3 aliphatic rings. The Hall–Kier alpha value is -2.08. The molecule has 0 bridgehead atoms. The van der Waals surface area contributed by atoms with E-state index in [9.17, 15) is 14.4 Å². The van der Waals surface area contributed by atoms with E-state index in [-0.39, 0.29) is 12.0 Å². The Labute approximate surface area is 164 Å². The number of imide groups is 2. The summed E-state index contributed by atoms with van der Waals surface area (Å²) in [4.78, 5) is 43.6. The van der Waals surface area contributed by atoms with Crippen molar-refractivity contribution in [1.29, 1.82) is 0 Å². The number of hydrogen-bond donors (Lipinski definition) is 0. The second-order valence-corrected chi connectivity index (χ2v) is 8.78. The van der Waals surface area contributed by atoms with Crippen LogP contribution in [0.15, 0.2) is 18.2 Å². The average Bonchev–Trinajstić information content (AvgIpc) is 2.63. The van der Waals surface area contributed by atoms with Gasteiger partial charge in [0.05, 0.1) is 6.04 Å². The van der Waals surface area contributed by atoms with E-state index in [0.29, 0.717) is 17.4 Å². The molecule has 4 rings (SSSR count). The number of hydrogen-bond acceptors (Lipinski definition) is 4. The molecule has 27 heavy (non-hydrogen) atoms. The minimum Gasteiger partial charge on any atom is -0.366 e. The maximum atomic E-state index is 13.4. The summed E-state index contributed by atoms with van der Waals surface area (Å²) in [5.41, 5.74) is 0.645. The number of nitrogens with zero attached hydrogens (tertiary/aromatic N) is 3. The predicted octanol–water partition coefficient (Wildman–Crippen LogP) is 2.78. The first kappa shape index (κ1) is 18.3. The standard InChI is InChI=1S/C20H24ClN3O3/c1-11-7-12(2)16-20(17(25)22(3)19(27)23(4)18(20)26)9-13-5-6-14(21)8-15(13)24(16)10-11/h5-6,8,11-12,16H,7,9-10H2,1-4H3/t11-,12+,16+/m0/s1. The zero-order chi connectivity index (χ0) is 19.7. The van der Waals surface area contributed by atoms with Gasteiger partial charge in [-0.1, -0.05) is 31.5 Å². The lowest BCUT2D eigenvalue weighted by atomic mass is 9.62. The van der Waals surface area contributed by atoms with Crippen LogP contribution >= 0.6 is 11.6 Å². The van der Waals surface area contributed by atoms with Crippen molar-refractivity contribution >= 4 is 35.1 Å². The van der Waals surface area contributed by atoms with Gasteiger partial charge in [0.2, 0.25) is 11.8 Å². The molecule has 1 aromatic carbocycles. The summed E-state index contributed by atoms with van der Waals surface area (Å²) in [7, 11) is 2.93. The fraction of sp³-hybridized carbons (Fsp3) is 0.550. The molecule has 1 spiro atoms. The highest BCUT2D eigenvalue weighted by Crippen LogP contribution is 2.51. The van der Waals surface area contributed by atoms with Gasteiger partial charge < -0.3 is 4.90 Å². The SMILES string of the molecule is C[C@H]1C[C@@H](C)[C@H]2N(C1)c1cc(Cl)ccc1CC21C(=O)N(C)C(=O)N(C)C1=O. The van der Waals surface area contributed by atoms with Crippen LogP contribution in [0.4, 0.5) is 10.5 Å². The number of carbonyl (C=O) groups is 3. The second-order valence-electron chi connectivity index (χ2n) is 8.35. The second kappa shape index (κ2) is 5.96. The highest BCUT2D eigenvalue weighted by atomic mass is 35.5. The fourth-order valence-corrected chi connectivity index (χ4v) is 5.61. The van der Waals surface area contributed by atoms with Crippen molar-refractivity contribution in [3.8, 4) is 0 Å². The Balaban J connectivity index is 1.95. The number of urea groups is 1. The fourth-order valence-electron chi connectivity index (χ4n) is 5.45. The van der Waals surface area contributed by atoms with E-state index in [1.807, 2.05) is 12.1 Å². The van der Waals surface area contributed by atoms with Crippen LogP contribution in [0.25, 0.3) is 0 Å². The number of piperidine rings is 1. The van der Waals surface area contributed by atoms with Crippen LogP contribution in [0.1, 0.15) is 25.8 Å². The Morgan fingerprint density at radius 3 is 2.33 bits per heavy atom. The van der Waals surface area contributed by atoms with Crippen LogP contribution in [0.2, 0.25) is 5.02 Å². The Morgan fingerprint density at radius 1 is 1.07 bits per heavy atom. The average molecular weight is 390 g/mol. The number of rotatable bonds is 0. The molecule has 2 saturated heterocycles. The van der Waals surface area contributed by atoms with Crippen LogP contribution in [-0.2, 0) is 16.0 Å². The summed E-state index contributed by atoms with van der Waals surface area (Å²) in [5.74, 6) is -0.229. The lowest BCUT2D eigenvalue weighted by Gasteiger charge is -2.57. The number of anilines is 1. The van der Waals surface area contributed by atoms with Gasteiger partial charge >= 0.3 is 6.03 Å². The minimum atomic E-state index is -1.28. The largest absolute Gasteiger partial charge is 0.366 e. The first-order chi connectivity index (χ1) is 12.7. The van der Waals surface area contributed by atoms with Crippen molar-refractivity contribution < 1.29 is 14.4 Å². The van der Waals surface area contributed by atoms with Gasteiger partial charge in [0.15, 0.2) is 5.41 Å². The summed E-state index contributed by atoms with van der Waals surface area (Å²) >= 11 is 6.26. The molecule has 3 atom stereocenters. The van der Waals surface area contributed by atoms with Crippen LogP contribution in [0.5, 0.6) is 0 Å². The highest BCUT2D eigenvalue weighted by Gasteiger charge is 2.64. The molecule has 0 unspecified atom stereocenters. The van der Waals surface area contributed by atoms with Gasteiger partial charge in [0.25, 0.3) is 0 Å². The van der Waals surface area contributed by atoms with Crippen LogP contribution in [-0.4, -0.2) is 54.3 Å². The van der Waals surface area contributed by atoms with E-state index in [1.165, 1.54) is 14.1 Å². The van der Waals surface area contributed by atoms with E-state index in [4.69, 9.17) is 11.6 Å². The molecule has 144 valence electrons. The Kier molecular flexibility index (Phi) is 4.04. The summed E-state index contributed by atoms with van der Waals surface area (Å²) in [6, 6.07) is 4.76. The topological polar surface area (TPSA) is 60.9 Å². The first-order valence-electron chi connectivity index (χ1n) is 9.33. The summed E-state index contributed by atoms with van der Waals surface area (Å²) < 4.78 is 0.